The van der Waals surface area contributed by atoms with E-state index >= 15 is 0 Å². The normalized spacial score (nSPS) is 12.6. The third kappa shape index (κ3) is 7.11. The summed E-state index contributed by atoms with van der Waals surface area (Å²) in [5, 5.41) is 10.0. The standard InChI is InChI=1S/C17H25F2NO2/c1-3-4-6-16(21)13-20(9-5-10-22-2)12-14-7-8-15(18)11-17(14)19/h3,7-8,11,16,21H,1,4-6,9-10,12-13H2,2H3/t16-/m1/s1. The minimum atomic E-state index is -0.585. The maximum absolute atomic E-state index is 13.8. The molecule has 0 amide bonds. The Kier molecular flexibility index (Phi) is 8.89. The predicted octanol–water partition coefficient (Wildman–Crippen LogP) is 3.13. The van der Waals surface area contributed by atoms with Crippen molar-refractivity contribution in [2.24, 2.45) is 0 Å². The van der Waals surface area contributed by atoms with Crippen LogP contribution in [0.1, 0.15) is 24.8 Å². The van der Waals surface area contributed by atoms with Crippen LogP contribution in [0.3, 0.4) is 0 Å². The van der Waals surface area contributed by atoms with Gasteiger partial charge in [0.15, 0.2) is 0 Å². The van der Waals surface area contributed by atoms with E-state index in [9.17, 15) is 13.9 Å². The van der Waals surface area contributed by atoms with E-state index in [-0.39, 0.29) is 0 Å². The largest absolute Gasteiger partial charge is 0.392 e. The van der Waals surface area contributed by atoms with Gasteiger partial charge in [0.05, 0.1) is 6.10 Å². The number of allylic oxidation sites excluding steroid dienone is 1. The maximum Gasteiger partial charge on any atom is 0.130 e. The van der Waals surface area contributed by atoms with Crippen molar-refractivity contribution in [2.75, 3.05) is 26.8 Å². The Labute approximate surface area is 131 Å². The van der Waals surface area contributed by atoms with Crippen LogP contribution in [-0.2, 0) is 11.3 Å². The molecule has 0 saturated carbocycles. The zero-order valence-corrected chi connectivity index (χ0v) is 13.1. The van der Waals surface area contributed by atoms with Gasteiger partial charge in [0, 0.05) is 45.0 Å². The summed E-state index contributed by atoms with van der Waals surface area (Å²) >= 11 is 0. The molecular formula is C17H25F2NO2. The fourth-order valence-corrected chi connectivity index (χ4v) is 2.26. The minimum absolute atomic E-state index is 0.334. The lowest BCUT2D eigenvalue weighted by Gasteiger charge is -2.25. The Morgan fingerprint density at radius 3 is 2.82 bits per heavy atom. The molecule has 0 heterocycles. The monoisotopic (exact) mass is 313 g/mol. The van der Waals surface area contributed by atoms with Gasteiger partial charge >= 0.3 is 0 Å². The lowest BCUT2D eigenvalue weighted by Crippen LogP contribution is -2.33. The smallest absolute Gasteiger partial charge is 0.130 e. The van der Waals surface area contributed by atoms with E-state index in [1.807, 2.05) is 4.90 Å². The van der Waals surface area contributed by atoms with Crippen molar-refractivity contribution in [3.8, 4) is 0 Å². The number of rotatable bonds is 11. The first-order chi connectivity index (χ1) is 10.6. The zero-order chi connectivity index (χ0) is 16.4. The highest BCUT2D eigenvalue weighted by molar-refractivity contribution is 5.18. The van der Waals surface area contributed by atoms with Gasteiger partial charge in [-0.2, -0.15) is 0 Å². The van der Waals surface area contributed by atoms with Crippen LogP contribution in [0.2, 0.25) is 0 Å². The van der Waals surface area contributed by atoms with Crippen molar-refractivity contribution in [1.82, 2.24) is 4.90 Å². The second-order valence-electron chi connectivity index (χ2n) is 5.34. The molecule has 0 spiro atoms. The van der Waals surface area contributed by atoms with Crippen molar-refractivity contribution < 1.29 is 18.6 Å². The molecule has 124 valence electrons. The summed E-state index contributed by atoms with van der Waals surface area (Å²) in [6.45, 7) is 5.69. The maximum atomic E-state index is 13.8. The molecule has 1 N–H and O–H groups in total. The Morgan fingerprint density at radius 2 is 2.18 bits per heavy atom. The van der Waals surface area contributed by atoms with Crippen LogP contribution in [0.25, 0.3) is 0 Å². The van der Waals surface area contributed by atoms with Crippen LogP contribution in [0.5, 0.6) is 0 Å². The fourth-order valence-electron chi connectivity index (χ4n) is 2.26. The summed E-state index contributed by atoms with van der Waals surface area (Å²) in [7, 11) is 1.63. The topological polar surface area (TPSA) is 32.7 Å². The SMILES string of the molecule is C=CCC[C@@H](O)CN(CCCOC)Cc1ccc(F)cc1F. The van der Waals surface area contributed by atoms with Crippen LogP contribution < -0.4 is 0 Å². The molecule has 0 bridgehead atoms. The Hall–Kier alpha value is -1.30. The summed E-state index contributed by atoms with van der Waals surface area (Å²) < 4.78 is 31.8. The van der Waals surface area contributed by atoms with Gasteiger partial charge in [-0.1, -0.05) is 12.1 Å². The number of benzene rings is 1. The molecule has 1 aromatic rings. The molecule has 0 aliphatic carbocycles. The number of aliphatic hydroxyl groups is 1. The molecule has 1 aromatic carbocycles. The lowest BCUT2D eigenvalue weighted by atomic mass is 10.1. The molecule has 1 rings (SSSR count). The van der Waals surface area contributed by atoms with Crippen LogP contribution >= 0.6 is 0 Å². The van der Waals surface area contributed by atoms with Crippen molar-refractivity contribution in [2.45, 2.75) is 31.9 Å². The highest BCUT2D eigenvalue weighted by Crippen LogP contribution is 2.13. The highest BCUT2D eigenvalue weighted by atomic mass is 19.1. The predicted molar refractivity (Wildman–Crippen MR) is 83.6 cm³/mol. The molecule has 1 atom stereocenters. The fraction of sp³-hybridized carbons (Fsp3) is 0.529. The van der Waals surface area contributed by atoms with Crippen LogP contribution in [0, 0.1) is 11.6 Å². The van der Waals surface area contributed by atoms with Gasteiger partial charge < -0.3 is 9.84 Å². The van der Waals surface area contributed by atoms with Crippen molar-refractivity contribution >= 4 is 0 Å². The second kappa shape index (κ2) is 10.4. The average molecular weight is 313 g/mol. The summed E-state index contributed by atoms with van der Waals surface area (Å²) in [4.78, 5) is 1.96. The molecule has 0 unspecified atom stereocenters. The van der Waals surface area contributed by atoms with Gasteiger partial charge in [-0.05, 0) is 25.3 Å². The summed E-state index contributed by atoms with van der Waals surface area (Å²) in [6.07, 6.45) is 3.41. The number of ether oxygens (including phenoxy) is 1. The van der Waals surface area contributed by atoms with Gasteiger partial charge in [-0.15, -0.1) is 6.58 Å². The molecule has 22 heavy (non-hydrogen) atoms. The third-order valence-electron chi connectivity index (χ3n) is 3.40. The van der Waals surface area contributed by atoms with Crippen molar-refractivity contribution in [3.63, 3.8) is 0 Å². The van der Waals surface area contributed by atoms with Crippen LogP contribution in [0.15, 0.2) is 30.9 Å². The van der Waals surface area contributed by atoms with Gasteiger partial charge in [-0.3, -0.25) is 4.90 Å². The number of halogens is 2. The van der Waals surface area contributed by atoms with E-state index in [1.165, 1.54) is 12.1 Å². The average Bonchev–Trinajstić information content (AvgIpc) is 2.48. The molecule has 0 aromatic heterocycles. The van der Waals surface area contributed by atoms with Crippen molar-refractivity contribution in [3.05, 3.63) is 48.1 Å². The summed E-state index contributed by atoms with van der Waals surface area (Å²) in [5.41, 5.74) is 0.426. The second-order valence-corrected chi connectivity index (χ2v) is 5.34. The Balaban J connectivity index is 2.65. The summed E-state index contributed by atoms with van der Waals surface area (Å²) in [6, 6.07) is 3.58. The first-order valence-corrected chi connectivity index (χ1v) is 7.51. The molecule has 3 nitrogen and oxygen atoms in total. The molecule has 5 heteroatoms. The van der Waals surface area contributed by atoms with Gasteiger partial charge in [-0.25, -0.2) is 8.78 Å². The molecule has 0 saturated heterocycles. The number of hydrogen-bond donors (Lipinski definition) is 1. The quantitative estimate of drug-likeness (QED) is 0.503. The van der Waals surface area contributed by atoms with E-state index in [1.54, 1.807) is 13.2 Å². The lowest BCUT2D eigenvalue weighted by molar-refractivity contribution is 0.0935. The van der Waals surface area contributed by atoms with E-state index in [0.717, 1.165) is 18.9 Å². The van der Waals surface area contributed by atoms with E-state index in [0.29, 0.717) is 38.2 Å². The number of hydrogen-bond acceptors (Lipinski definition) is 3. The number of nitrogens with zero attached hydrogens (tertiary/aromatic N) is 1. The van der Waals surface area contributed by atoms with Crippen molar-refractivity contribution in [1.29, 1.82) is 0 Å². The molecular weight excluding hydrogens is 288 g/mol. The van der Waals surface area contributed by atoms with Gasteiger partial charge in [0.1, 0.15) is 11.6 Å². The van der Waals surface area contributed by atoms with Gasteiger partial charge in [0.25, 0.3) is 0 Å². The van der Waals surface area contributed by atoms with Gasteiger partial charge in [0.2, 0.25) is 0 Å². The van der Waals surface area contributed by atoms with Crippen LogP contribution in [-0.4, -0.2) is 42.9 Å². The Morgan fingerprint density at radius 1 is 1.41 bits per heavy atom. The van der Waals surface area contributed by atoms with Crippen LogP contribution in [0.4, 0.5) is 8.78 Å². The number of aliphatic hydroxyl groups excluding tert-OH is 1. The minimum Gasteiger partial charge on any atom is -0.392 e. The van der Waals surface area contributed by atoms with E-state index < -0.39 is 17.7 Å². The molecule has 0 aliphatic heterocycles. The number of methoxy groups -OCH3 is 1. The molecule has 0 fully saturated rings. The molecule has 0 radical (unpaired) electrons. The Bertz CT molecular complexity index is 454. The summed E-state index contributed by atoms with van der Waals surface area (Å²) in [5.74, 6) is -1.14. The molecule has 0 aliphatic rings. The zero-order valence-electron chi connectivity index (χ0n) is 13.1. The van der Waals surface area contributed by atoms with E-state index in [4.69, 9.17) is 4.74 Å². The first-order valence-electron chi connectivity index (χ1n) is 7.51. The highest BCUT2D eigenvalue weighted by Gasteiger charge is 2.14. The first kappa shape index (κ1) is 18.7. The third-order valence-corrected chi connectivity index (χ3v) is 3.40. The van der Waals surface area contributed by atoms with E-state index in [2.05, 4.69) is 6.58 Å².